The van der Waals surface area contributed by atoms with E-state index in [0.717, 1.165) is 5.69 Å². The van der Waals surface area contributed by atoms with Crippen molar-refractivity contribution in [3.8, 4) is 6.07 Å². The van der Waals surface area contributed by atoms with Gasteiger partial charge in [-0.05, 0) is 29.8 Å². The molecule has 0 unspecified atom stereocenters. The molecule has 1 aromatic rings. The molecular formula is C9H9N5. The summed E-state index contributed by atoms with van der Waals surface area (Å²) in [6.07, 6.45) is 0. The Morgan fingerprint density at radius 1 is 1.50 bits per heavy atom. The first-order chi connectivity index (χ1) is 6.77. The van der Waals surface area contributed by atoms with Crippen LogP contribution in [0.2, 0.25) is 0 Å². The number of nitrogens with zero attached hydrogens (tertiary/aromatic N) is 5. The second-order valence-corrected chi connectivity index (χ2v) is 2.73. The predicted molar refractivity (Wildman–Crippen MR) is 53.6 cm³/mol. The predicted octanol–water partition coefficient (Wildman–Crippen LogP) is 2.26. The molecule has 0 aliphatic rings. The zero-order valence-corrected chi connectivity index (χ0v) is 7.75. The standard InChI is InChI=1S/C9H9N5/c1-14(7-12-13-11)9-4-2-8(6-10)3-5-9/h2-5H,7H2,1H3. The summed E-state index contributed by atoms with van der Waals surface area (Å²) in [7, 11) is 1.82. The van der Waals surface area contributed by atoms with Crippen LogP contribution in [0.1, 0.15) is 5.56 Å². The average molecular weight is 187 g/mol. The van der Waals surface area contributed by atoms with Gasteiger partial charge in [0.1, 0.15) is 0 Å². The quantitative estimate of drug-likeness (QED) is 0.413. The fourth-order valence-electron chi connectivity index (χ4n) is 0.995. The molecule has 0 aliphatic heterocycles. The molecule has 0 aromatic heterocycles. The van der Waals surface area contributed by atoms with Crippen molar-refractivity contribution in [2.45, 2.75) is 0 Å². The number of rotatable bonds is 3. The van der Waals surface area contributed by atoms with E-state index in [9.17, 15) is 0 Å². The van der Waals surface area contributed by atoms with E-state index in [1.807, 2.05) is 25.2 Å². The van der Waals surface area contributed by atoms with Crippen molar-refractivity contribution in [2.75, 3.05) is 18.6 Å². The Hall–Kier alpha value is -2.18. The Kier molecular flexibility index (Phi) is 3.36. The topological polar surface area (TPSA) is 75.8 Å². The molecular weight excluding hydrogens is 178 g/mol. The van der Waals surface area contributed by atoms with Crippen LogP contribution in [0.15, 0.2) is 29.4 Å². The molecule has 0 amide bonds. The summed E-state index contributed by atoms with van der Waals surface area (Å²) in [6.45, 7) is 0.280. The van der Waals surface area contributed by atoms with Crippen LogP contribution in [0.4, 0.5) is 5.69 Å². The van der Waals surface area contributed by atoms with Gasteiger partial charge in [0.05, 0.1) is 18.3 Å². The number of azide groups is 1. The second kappa shape index (κ2) is 4.75. The number of nitriles is 1. The smallest absolute Gasteiger partial charge is 0.0991 e. The Labute approximate surface area is 81.8 Å². The Balaban J connectivity index is 2.76. The van der Waals surface area contributed by atoms with Crippen molar-refractivity contribution in [1.82, 2.24) is 0 Å². The zero-order chi connectivity index (χ0) is 10.4. The number of hydrogen-bond acceptors (Lipinski definition) is 3. The van der Waals surface area contributed by atoms with E-state index in [0.29, 0.717) is 5.56 Å². The van der Waals surface area contributed by atoms with E-state index >= 15 is 0 Å². The Morgan fingerprint density at radius 3 is 2.64 bits per heavy atom. The van der Waals surface area contributed by atoms with E-state index in [1.54, 1.807) is 17.0 Å². The lowest BCUT2D eigenvalue weighted by Crippen LogP contribution is -2.16. The third-order valence-corrected chi connectivity index (χ3v) is 1.78. The molecule has 5 nitrogen and oxygen atoms in total. The zero-order valence-electron chi connectivity index (χ0n) is 7.75. The summed E-state index contributed by atoms with van der Waals surface area (Å²) >= 11 is 0. The van der Waals surface area contributed by atoms with Crippen molar-refractivity contribution in [3.63, 3.8) is 0 Å². The van der Waals surface area contributed by atoms with Gasteiger partial charge in [-0.3, -0.25) is 0 Å². The van der Waals surface area contributed by atoms with Gasteiger partial charge >= 0.3 is 0 Å². The fraction of sp³-hybridized carbons (Fsp3) is 0.222. The Morgan fingerprint density at radius 2 is 2.14 bits per heavy atom. The van der Waals surface area contributed by atoms with Crippen molar-refractivity contribution in [1.29, 1.82) is 5.26 Å². The van der Waals surface area contributed by atoms with Gasteiger partial charge in [0.15, 0.2) is 0 Å². The second-order valence-electron chi connectivity index (χ2n) is 2.73. The van der Waals surface area contributed by atoms with E-state index in [1.165, 1.54) is 0 Å². The maximum absolute atomic E-state index is 8.58. The van der Waals surface area contributed by atoms with Gasteiger partial charge in [0, 0.05) is 17.6 Å². The molecule has 0 saturated heterocycles. The van der Waals surface area contributed by atoms with Crippen LogP contribution >= 0.6 is 0 Å². The van der Waals surface area contributed by atoms with Crippen LogP contribution in [0.3, 0.4) is 0 Å². The van der Waals surface area contributed by atoms with Crippen LogP contribution in [0.25, 0.3) is 10.4 Å². The van der Waals surface area contributed by atoms with Crippen LogP contribution in [-0.4, -0.2) is 13.7 Å². The molecule has 70 valence electrons. The van der Waals surface area contributed by atoms with Crippen LogP contribution in [-0.2, 0) is 0 Å². The fourth-order valence-corrected chi connectivity index (χ4v) is 0.995. The van der Waals surface area contributed by atoms with E-state index in [2.05, 4.69) is 10.0 Å². The summed E-state index contributed by atoms with van der Waals surface area (Å²) in [5, 5.41) is 12.0. The van der Waals surface area contributed by atoms with Gasteiger partial charge in [-0.15, -0.1) is 0 Å². The van der Waals surface area contributed by atoms with Crippen molar-refractivity contribution in [2.24, 2.45) is 5.11 Å². The van der Waals surface area contributed by atoms with E-state index in [4.69, 9.17) is 10.8 Å². The van der Waals surface area contributed by atoms with Crippen molar-refractivity contribution in [3.05, 3.63) is 40.3 Å². The first kappa shape index (κ1) is 9.90. The van der Waals surface area contributed by atoms with E-state index in [-0.39, 0.29) is 6.67 Å². The van der Waals surface area contributed by atoms with E-state index < -0.39 is 0 Å². The number of anilines is 1. The lowest BCUT2D eigenvalue weighted by Gasteiger charge is -2.15. The highest BCUT2D eigenvalue weighted by Gasteiger charge is 1.98. The maximum atomic E-state index is 8.58. The van der Waals surface area contributed by atoms with Crippen LogP contribution in [0.5, 0.6) is 0 Å². The van der Waals surface area contributed by atoms with Gasteiger partial charge < -0.3 is 4.90 Å². The number of hydrogen-bond donors (Lipinski definition) is 0. The monoisotopic (exact) mass is 187 g/mol. The van der Waals surface area contributed by atoms with Gasteiger partial charge in [0.25, 0.3) is 0 Å². The Bertz CT molecular complexity index is 383. The summed E-state index contributed by atoms with van der Waals surface area (Å²) in [5.41, 5.74) is 9.66. The lowest BCUT2D eigenvalue weighted by atomic mass is 10.2. The molecule has 0 aliphatic carbocycles. The highest BCUT2D eigenvalue weighted by molar-refractivity contribution is 5.48. The molecule has 0 bridgehead atoms. The molecule has 0 atom stereocenters. The van der Waals surface area contributed by atoms with Gasteiger partial charge in [-0.1, -0.05) is 5.11 Å². The number of benzene rings is 1. The normalized spacial score (nSPS) is 8.57. The summed E-state index contributed by atoms with van der Waals surface area (Å²) in [5.74, 6) is 0. The van der Waals surface area contributed by atoms with Gasteiger partial charge in [-0.2, -0.15) is 5.26 Å². The van der Waals surface area contributed by atoms with Gasteiger partial charge in [-0.25, -0.2) is 0 Å². The molecule has 0 heterocycles. The minimum Gasteiger partial charge on any atom is -0.369 e. The summed E-state index contributed by atoms with van der Waals surface area (Å²) in [6, 6.07) is 9.11. The molecule has 1 aromatic carbocycles. The molecule has 0 saturated carbocycles. The highest BCUT2D eigenvalue weighted by Crippen LogP contribution is 2.12. The average Bonchev–Trinajstić information content (AvgIpc) is 2.26. The third-order valence-electron chi connectivity index (χ3n) is 1.78. The first-order valence-corrected chi connectivity index (χ1v) is 4.00. The van der Waals surface area contributed by atoms with Crippen LogP contribution < -0.4 is 4.90 Å². The van der Waals surface area contributed by atoms with Crippen molar-refractivity contribution < 1.29 is 0 Å². The largest absolute Gasteiger partial charge is 0.369 e. The molecule has 0 spiro atoms. The minimum atomic E-state index is 0.280. The van der Waals surface area contributed by atoms with Gasteiger partial charge in [0.2, 0.25) is 0 Å². The molecule has 14 heavy (non-hydrogen) atoms. The SMILES string of the molecule is CN(CN=[N+]=[N-])c1ccc(C#N)cc1. The highest BCUT2D eigenvalue weighted by atomic mass is 15.3. The first-order valence-electron chi connectivity index (χ1n) is 4.00. The molecule has 0 fully saturated rings. The molecule has 1 rings (SSSR count). The maximum Gasteiger partial charge on any atom is 0.0991 e. The molecule has 5 heteroatoms. The molecule has 0 N–H and O–H groups in total. The third kappa shape index (κ3) is 2.41. The summed E-state index contributed by atoms with van der Waals surface area (Å²) < 4.78 is 0. The van der Waals surface area contributed by atoms with Crippen molar-refractivity contribution >= 4 is 5.69 Å². The van der Waals surface area contributed by atoms with Crippen LogP contribution in [0, 0.1) is 11.3 Å². The lowest BCUT2D eigenvalue weighted by molar-refractivity contribution is 0.923. The minimum absolute atomic E-state index is 0.280. The summed E-state index contributed by atoms with van der Waals surface area (Å²) in [4.78, 5) is 4.46. The molecule has 0 radical (unpaired) electrons.